The Morgan fingerprint density at radius 1 is 1.31 bits per heavy atom. The fourth-order valence-corrected chi connectivity index (χ4v) is 3.80. The van der Waals surface area contributed by atoms with E-state index < -0.39 is 11.2 Å². The highest BCUT2D eigenvalue weighted by molar-refractivity contribution is 7.99. The first-order chi connectivity index (χ1) is 14.0. The molecule has 3 heterocycles. The van der Waals surface area contributed by atoms with E-state index in [-0.39, 0.29) is 35.1 Å². The van der Waals surface area contributed by atoms with Crippen LogP contribution in [0.2, 0.25) is 0 Å². The van der Waals surface area contributed by atoms with Crippen LogP contribution in [0.15, 0.2) is 49.7 Å². The topological polar surface area (TPSA) is 136 Å². The fourth-order valence-electron chi connectivity index (χ4n) is 2.31. The minimum Gasteiger partial charge on any atom is -0.414 e. The molecule has 0 unspecified atom stereocenters. The number of thiazole rings is 1. The van der Waals surface area contributed by atoms with Crippen LogP contribution in [0.4, 0.5) is 9.52 Å². The summed E-state index contributed by atoms with van der Waals surface area (Å²) in [5, 5.41) is 10.8. The van der Waals surface area contributed by atoms with Gasteiger partial charge < -0.3 is 9.73 Å². The second-order valence-electron chi connectivity index (χ2n) is 5.67. The number of aromatic amines is 1. The maximum absolute atomic E-state index is 13.2. The zero-order valence-electron chi connectivity index (χ0n) is 14.4. The first-order valence-corrected chi connectivity index (χ1v) is 9.87. The molecule has 3 aromatic heterocycles. The number of H-pyrrole nitrogens is 1. The number of nitrogens with one attached hydrogen (secondary N) is 2. The molecule has 29 heavy (non-hydrogen) atoms. The van der Waals surface area contributed by atoms with Gasteiger partial charge in [0, 0.05) is 12.3 Å². The lowest BCUT2D eigenvalue weighted by Crippen LogP contribution is -2.28. The number of aromatic nitrogens is 5. The summed E-state index contributed by atoms with van der Waals surface area (Å²) in [4.78, 5) is 41.2. The van der Waals surface area contributed by atoms with E-state index >= 15 is 0 Å². The summed E-state index contributed by atoms with van der Waals surface area (Å²) in [6, 6.07) is 5.40. The van der Waals surface area contributed by atoms with Crippen LogP contribution in [0.3, 0.4) is 0 Å². The van der Waals surface area contributed by atoms with Crippen molar-refractivity contribution in [1.82, 2.24) is 24.7 Å². The van der Waals surface area contributed by atoms with Gasteiger partial charge in [0.2, 0.25) is 11.8 Å². The molecule has 0 aliphatic rings. The lowest BCUT2D eigenvalue weighted by atomic mass is 10.3. The first kappa shape index (κ1) is 19.0. The number of rotatable bonds is 6. The minimum atomic E-state index is -0.597. The number of halogens is 1. The quantitative estimate of drug-likeness (QED) is 0.435. The predicted molar refractivity (Wildman–Crippen MR) is 104 cm³/mol. The van der Waals surface area contributed by atoms with Gasteiger partial charge in [0.25, 0.3) is 10.8 Å². The van der Waals surface area contributed by atoms with Gasteiger partial charge in [0.15, 0.2) is 5.13 Å². The van der Waals surface area contributed by atoms with Gasteiger partial charge in [-0.3, -0.25) is 19.1 Å². The minimum absolute atomic E-state index is 0.00940. The second kappa shape index (κ2) is 7.97. The molecular weight excluding hydrogens is 423 g/mol. The maximum atomic E-state index is 13.2. The highest BCUT2D eigenvalue weighted by Gasteiger charge is 2.13. The highest BCUT2D eigenvalue weighted by atomic mass is 32.2. The molecule has 148 valence electrons. The summed E-state index contributed by atoms with van der Waals surface area (Å²) >= 11 is 2.18. The largest absolute Gasteiger partial charge is 0.414 e. The smallest absolute Gasteiger partial charge is 0.328 e. The van der Waals surface area contributed by atoms with Crippen molar-refractivity contribution in [3.8, 4) is 0 Å². The number of fused-ring (bicyclic) bond motifs is 1. The highest BCUT2D eigenvalue weighted by Crippen LogP contribution is 2.26. The van der Waals surface area contributed by atoms with Crippen LogP contribution in [-0.2, 0) is 11.3 Å². The molecule has 0 aliphatic carbocycles. The van der Waals surface area contributed by atoms with Crippen molar-refractivity contribution in [3.63, 3.8) is 0 Å². The molecule has 4 rings (SSSR count). The van der Waals surface area contributed by atoms with Crippen LogP contribution in [0.5, 0.6) is 0 Å². The standard InChI is InChI=1S/C16H11FN6O4S2/c17-8-1-2-9-10(5-8)29-14(18-9)19-12(25)7-28-16-22-21-13(27-16)6-23-4-3-11(24)20-15(23)26/h1-5H,6-7H2,(H,18,19,25)(H,20,24,26). The molecule has 0 radical (unpaired) electrons. The average Bonchev–Trinajstić information content (AvgIpc) is 3.28. The molecule has 0 saturated heterocycles. The van der Waals surface area contributed by atoms with Crippen LogP contribution in [0.1, 0.15) is 5.89 Å². The Bertz CT molecular complexity index is 1310. The van der Waals surface area contributed by atoms with Gasteiger partial charge in [0.1, 0.15) is 12.4 Å². The molecule has 2 N–H and O–H groups in total. The van der Waals surface area contributed by atoms with Crippen molar-refractivity contribution in [2.75, 3.05) is 11.1 Å². The first-order valence-electron chi connectivity index (χ1n) is 8.07. The van der Waals surface area contributed by atoms with Crippen LogP contribution < -0.4 is 16.6 Å². The van der Waals surface area contributed by atoms with E-state index in [4.69, 9.17) is 4.42 Å². The van der Waals surface area contributed by atoms with Gasteiger partial charge in [-0.15, -0.1) is 10.2 Å². The molecule has 4 aromatic rings. The summed E-state index contributed by atoms with van der Waals surface area (Å²) in [5.74, 6) is -0.572. The zero-order valence-corrected chi connectivity index (χ0v) is 16.1. The van der Waals surface area contributed by atoms with Gasteiger partial charge >= 0.3 is 5.69 Å². The molecule has 0 saturated carbocycles. The van der Waals surface area contributed by atoms with E-state index in [0.717, 1.165) is 11.8 Å². The number of nitrogens with zero attached hydrogens (tertiary/aromatic N) is 4. The molecule has 0 fully saturated rings. The SMILES string of the molecule is O=C(CSc1nnc(Cn2ccc(=O)[nH]c2=O)o1)Nc1nc2ccc(F)cc2s1. The molecule has 1 amide bonds. The van der Waals surface area contributed by atoms with Gasteiger partial charge in [-0.1, -0.05) is 23.1 Å². The van der Waals surface area contributed by atoms with E-state index in [0.29, 0.717) is 15.3 Å². The van der Waals surface area contributed by atoms with Gasteiger partial charge in [0.05, 0.1) is 16.0 Å². The van der Waals surface area contributed by atoms with E-state index in [2.05, 4.69) is 25.5 Å². The number of anilines is 1. The monoisotopic (exact) mass is 434 g/mol. The Labute approximate surface area is 168 Å². The van der Waals surface area contributed by atoms with Crippen molar-refractivity contribution in [1.29, 1.82) is 0 Å². The molecular formula is C16H11FN6O4S2. The molecule has 0 atom stereocenters. The summed E-state index contributed by atoms with van der Waals surface area (Å²) in [5.41, 5.74) is -0.504. The number of hydrogen-bond acceptors (Lipinski definition) is 9. The maximum Gasteiger partial charge on any atom is 0.328 e. The van der Waals surface area contributed by atoms with Crippen molar-refractivity contribution >= 4 is 44.4 Å². The van der Waals surface area contributed by atoms with Gasteiger partial charge in [-0.25, -0.2) is 14.2 Å². The third kappa shape index (κ3) is 4.57. The number of hydrogen-bond donors (Lipinski definition) is 2. The van der Waals surface area contributed by atoms with Gasteiger partial charge in [-0.05, 0) is 18.2 Å². The molecule has 1 aromatic carbocycles. The van der Waals surface area contributed by atoms with Crippen LogP contribution in [0, 0.1) is 5.82 Å². The lowest BCUT2D eigenvalue weighted by molar-refractivity contribution is -0.113. The Balaban J connectivity index is 1.34. The average molecular weight is 434 g/mol. The van der Waals surface area contributed by atoms with Gasteiger partial charge in [-0.2, -0.15) is 0 Å². The Morgan fingerprint density at radius 3 is 3.00 bits per heavy atom. The lowest BCUT2D eigenvalue weighted by Gasteiger charge is -2.00. The number of thioether (sulfide) groups is 1. The molecule has 0 spiro atoms. The van der Waals surface area contributed by atoms with Crippen LogP contribution in [-0.4, -0.2) is 36.4 Å². The normalized spacial score (nSPS) is 11.1. The number of carbonyl (C=O) groups excluding carboxylic acids is 1. The Kier molecular flexibility index (Phi) is 5.22. The van der Waals surface area contributed by atoms with E-state index in [9.17, 15) is 18.8 Å². The summed E-state index contributed by atoms with van der Waals surface area (Å²) in [6.07, 6.45) is 1.31. The predicted octanol–water partition coefficient (Wildman–Crippen LogP) is 1.45. The Morgan fingerprint density at radius 2 is 2.17 bits per heavy atom. The van der Waals surface area contributed by atoms with Crippen LogP contribution >= 0.6 is 23.1 Å². The van der Waals surface area contributed by atoms with Crippen molar-refractivity contribution in [2.45, 2.75) is 11.8 Å². The Hall–Kier alpha value is -3.32. The second-order valence-corrected chi connectivity index (χ2v) is 7.62. The van der Waals surface area contributed by atoms with E-state index in [1.165, 1.54) is 40.3 Å². The van der Waals surface area contributed by atoms with Crippen molar-refractivity contribution in [3.05, 3.63) is 63.0 Å². The van der Waals surface area contributed by atoms with E-state index in [1.807, 2.05) is 0 Å². The summed E-state index contributed by atoms with van der Waals surface area (Å²) in [7, 11) is 0. The van der Waals surface area contributed by atoms with E-state index in [1.54, 1.807) is 6.07 Å². The number of carbonyl (C=O) groups is 1. The third-order valence-corrected chi connectivity index (χ3v) is 5.33. The molecule has 0 bridgehead atoms. The van der Waals surface area contributed by atoms with Crippen molar-refractivity contribution < 1.29 is 13.6 Å². The summed E-state index contributed by atoms with van der Waals surface area (Å²) < 4.78 is 20.4. The van der Waals surface area contributed by atoms with Crippen LogP contribution in [0.25, 0.3) is 10.2 Å². The molecule has 13 heteroatoms. The fraction of sp³-hybridized carbons (Fsp3) is 0.125. The number of benzene rings is 1. The molecule has 0 aliphatic heterocycles. The van der Waals surface area contributed by atoms with Crippen molar-refractivity contribution in [2.24, 2.45) is 0 Å². The summed E-state index contributed by atoms with van der Waals surface area (Å²) in [6.45, 7) is -0.0162. The third-order valence-electron chi connectivity index (χ3n) is 3.57. The number of amides is 1. The zero-order chi connectivity index (χ0) is 20.4. The molecule has 10 nitrogen and oxygen atoms in total.